The van der Waals surface area contributed by atoms with Gasteiger partial charge in [0.1, 0.15) is 0 Å². The highest BCUT2D eigenvalue weighted by Gasteiger charge is 2.08. The fourth-order valence-corrected chi connectivity index (χ4v) is 2.60. The molecule has 2 heteroatoms. The van der Waals surface area contributed by atoms with Crippen molar-refractivity contribution in [2.75, 3.05) is 18.6 Å². The van der Waals surface area contributed by atoms with Crippen LogP contribution in [0.5, 0.6) is 0 Å². The molecule has 0 spiro atoms. The molecular formula is C16H27NS. The molecule has 0 aliphatic heterocycles. The van der Waals surface area contributed by atoms with E-state index in [2.05, 4.69) is 49.7 Å². The van der Waals surface area contributed by atoms with Crippen LogP contribution in [0.3, 0.4) is 0 Å². The second kappa shape index (κ2) is 9.46. The van der Waals surface area contributed by atoms with Gasteiger partial charge in [0.15, 0.2) is 0 Å². The maximum absolute atomic E-state index is 3.67. The van der Waals surface area contributed by atoms with Crippen LogP contribution in [0, 0.1) is 0 Å². The summed E-state index contributed by atoms with van der Waals surface area (Å²) in [4.78, 5) is 0. The Morgan fingerprint density at radius 1 is 1.11 bits per heavy atom. The van der Waals surface area contributed by atoms with E-state index in [0.29, 0.717) is 6.04 Å². The van der Waals surface area contributed by atoms with Crippen LogP contribution in [0.2, 0.25) is 0 Å². The number of rotatable bonds is 9. The molecule has 18 heavy (non-hydrogen) atoms. The van der Waals surface area contributed by atoms with Gasteiger partial charge in [0.25, 0.3) is 0 Å². The second-order valence-electron chi connectivity index (χ2n) is 4.81. The predicted octanol–water partition coefficient (Wildman–Crippen LogP) is 3.91. The van der Waals surface area contributed by atoms with E-state index in [9.17, 15) is 0 Å². The molecule has 0 aliphatic carbocycles. The number of aryl methyl sites for hydroxylation is 1. The molecule has 1 N–H and O–H groups in total. The Labute approximate surface area is 117 Å². The van der Waals surface area contributed by atoms with Crippen LogP contribution in [0.15, 0.2) is 24.3 Å². The summed E-state index contributed by atoms with van der Waals surface area (Å²) >= 11 is 1.94. The molecule has 0 aromatic heterocycles. The van der Waals surface area contributed by atoms with Crippen LogP contribution in [-0.4, -0.2) is 24.6 Å². The standard InChI is InChI=1S/C16H27NS/c1-4-11-17-16(10-12-18-3)13-15-8-6-14(5-2)7-9-15/h6-9,16-17H,4-5,10-13H2,1-3H3. The Hall–Kier alpha value is -0.470. The lowest BCUT2D eigenvalue weighted by molar-refractivity contribution is 0.497. The van der Waals surface area contributed by atoms with Crippen molar-refractivity contribution >= 4 is 11.8 Å². The normalized spacial score (nSPS) is 12.6. The summed E-state index contributed by atoms with van der Waals surface area (Å²) in [5.41, 5.74) is 2.89. The molecule has 0 radical (unpaired) electrons. The summed E-state index contributed by atoms with van der Waals surface area (Å²) in [6.07, 6.45) is 6.95. The molecule has 1 nitrogen and oxygen atoms in total. The lowest BCUT2D eigenvalue weighted by Gasteiger charge is -2.18. The third-order valence-electron chi connectivity index (χ3n) is 3.27. The Bertz CT molecular complexity index is 299. The molecule has 102 valence electrons. The minimum Gasteiger partial charge on any atom is -0.314 e. The molecule has 1 unspecified atom stereocenters. The molecule has 1 atom stereocenters. The van der Waals surface area contributed by atoms with Gasteiger partial charge in [0.2, 0.25) is 0 Å². The van der Waals surface area contributed by atoms with Crippen molar-refractivity contribution in [1.82, 2.24) is 5.32 Å². The van der Waals surface area contributed by atoms with E-state index < -0.39 is 0 Å². The number of thioether (sulfide) groups is 1. The van der Waals surface area contributed by atoms with Crippen LogP contribution in [0.25, 0.3) is 0 Å². The lowest BCUT2D eigenvalue weighted by atomic mass is 10.0. The van der Waals surface area contributed by atoms with E-state index in [-0.39, 0.29) is 0 Å². The number of benzene rings is 1. The van der Waals surface area contributed by atoms with Gasteiger partial charge in [-0.3, -0.25) is 0 Å². The van der Waals surface area contributed by atoms with E-state index in [0.717, 1.165) is 19.4 Å². The zero-order chi connectivity index (χ0) is 13.2. The fraction of sp³-hybridized carbons (Fsp3) is 0.625. The maximum atomic E-state index is 3.67. The van der Waals surface area contributed by atoms with Crippen molar-refractivity contribution < 1.29 is 0 Å². The molecule has 0 amide bonds. The van der Waals surface area contributed by atoms with E-state index >= 15 is 0 Å². The molecular weight excluding hydrogens is 238 g/mol. The fourth-order valence-electron chi connectivity index (χ4n) is 2.08. The van der Waals surface area contributed by atoms with Gasteiger partial charge in [0, 0.05) is 6.04 Å². The van der Waals surface area contributed by atoms with Gasteiger partial charge in [-0.05, 0) is 55.4 Å². The van der Waals surface area contributed by atoms with Crippen molar-refractivity contribution in [3.05, 3.63) is 35.4 Å². The Balaban J connectivity index is 2.51. The molecule has 0 aliphatic rings. The Morgan fingerprint density at radius 3 is 2.33 bits per heavy atom. The average Bonchev–Trinajstić information content (AvgIpc) is 2.42. The van der Waals surface area contributed by atoms with Gasteiger partial charge in [-0.2, -0.15) is 11.8 Å². The first-order valence-electron chi connectivity index (χ1n) is 7.10. The summed E-state index contributed by atoms with van der Waals surface area (Å²) in [6.45, 7) is 5.57. The van der Waals surface area contributed by atoms with Gasteiger partial charge in [-0.1, -0.05) is 38.1 Å². The first-order chi connectivity index (χ1) is 8.80. The Morgan fingerprint density at radius 2 is 1.78 bits per heavy atom. The minimum atomic E-state index is 0.630. The van der Waals surface area contributed by atoms with Crippen LogP contribution in [-0.2, 0) is 12.8 Å². The van der Waals surface area contributed by atoms with E-state index in [1.807, 2.05) is 11.8 Å². The average molecular weight is 265 g/mol. The highest BCUT2D eigenvalue weighted by Crippen LogP contribution is 2.11. The quantitative estimate of drug-likeness (QED) is 0.726. The third-order valence-corrected chi connectivity index (χ3v) is 3.91. The monoisotopic (exact) mass is 265 g/mol. The second-order valence-corrected chi connectivity index (χ2v) is 5.79. The molecule has 1 aromatic carbocycles. The van der Waals surface area contributed by atoms with Crippen LogP contribution in [0.1, 0.15) is 37.8 Å². The van der Waals surface area contributed by atoms with Crippen LogP contribution < -0.4 is 5.32 Å². The number of nitrogens with one attached hydrogen (secondary N) is 1. The molecule has 1 rings (SSSR count). The zero-order valence-corrected chi connectivity index (χ0v) is 12.9. The van der Waals surface area contributed by atoms with E-state index in [1.54, 1.807) is 0 Å². The van der Waals surface area contributed by atoms with Crippen molar-refractivity contribution in [2.24, 2.45) is 0 Å². The summed E-state index contributed by atoms with van der Waals surface area (Å²) in [5.74, 6) is 1.24. The smallest absolute Gasteiger partial charge is 0.0115 e. The van der Waals surface area contributed by atoms with Gasteiger partial charge >= 0.3 is 0 Å². The first-order valence-corrected chi connectivity index (χ1v) is 8.49. The minimum absolute atomic E-state index is 0.630. The summed E-state index contributed by atoms with van der Waals surface area (Å²) < 4.78 is 0. The lowest BCUT2D eigenvalue weighted by Crippen LogP contribution is -2.32. The molecule has 0 saturated carbocycles. The molecule has 0 bridgehead atoms. The third kappa shape index (κ3) is 5.92. The zero-order valence-electron chi connectivity index (χ0n) is 12.0. The van der Waals surface area contributed by atoms with Gasteiger partial charge in [-0.25, -0.2) is 0 Å². The van der Waals surface area contributed by atoms with Crippen LogP contribution >= 0.6 is 11.8 Å². The highest BCUT2D eigenvalue weighted by molar-refractivity contribution is 7.98. The number of hydrogen-bond donors (Lipinski definition) is 1. The van der Waals surface area contributed by atoms with Crippen molar-refractivity contribution in [3.8, 4) is 0 Å². The molecule has 0 heterocycles. The number of hydrogen-bond acceptors (Lipinski definition) is 2. The van der Waals surface area contributed by atoms with Crippen molar-refractivity contribution in [1.29, 1.82) is 0 Å². The van der Waals surface area contributed by atoms with Crippen LogP contribution in [0.4, 0.5) is 0 Å². The SMILES string of the molecule is CCCNC(CCSC)Cc1ccc(CC)cc1. The van der Waals surface area contributed by atoms with E-state index in [1.165, 1.54) is 29.7 Å². The molecule has 1 aromatic rings. The van der Waals surface area contributed by atoms with Gasteiger partial charge < -0.3 is 5.32 Å². The molecule has 0 saturated heterocycles. The summed E-state index contributed by atoms with van der Waals surface area (Å²) in [6, 6.07) is 9.74. The summed E-state index contributed by atoms with van der Waals surface area (Å²) in [5, 5.41) is 3.67. The Kier molecular flexibility index (Phi) is 8.19. The largest absolute Gasteiger partial charge is 0.314 e. The first kappa shape index (κ1) is 15.6. The van der Waals surface area contributed by atoms with Crippen molar-refractivity contribution in [3.63, 3.8) is 0 Å². The van der Waals surface area contributed by atoms with Gasteiger partial charge in [0.05, 0.1) is 0 Å². The van der Waals surface area contributed by atoms with E-state index in [4.69, 9.17) is 0 Å². The topological polar surface area (TPSA) is 12.0 Å². The summed E-state index contributed by atoms with van der Waals surface area (Å²) in [7, 11) is 0. The highest BCUT2D eigenvalue weighted by atomic mass is 32.2. The predicted molar refractivity (Wildman–Crippen MR) is 84.6 cm³/mol. The van der Waals surface area contributed by atoms with Crippen molar-refractivity contribution in [2.45, 2.75) is 45.6 Å². The van der Waals surface area contributed by atoms with Gasteiger partial charge in [-0.15, -0.1) is 0 Å². The maximum Gasteiger partial charge on any atom is 0.0115 e. The molecule has 0 fully saturated rings.